The molecule has 3 rings (SSSR count). The lowest BCUT2D eigenvalue weighted by atomic mass is 10.2. The zero-order chi connectivity index (χ0) is 19.4. The molecule has 0 aliphatic rings. The molecule has 0 saturated carbocycles. The van der Waals surface area contributed by atoms with E-state index < -0.39 is 12.1 Å². The minimum absolute atomic E-state index is 0.302. The van der Waals surface area contributed by atoms with Gasteiger partial charge < -0.3 is 14.6 Å². The maximum absolute atomic E-state index is 12.6. The van der Waals surface area contributed by atoms with Crippen LogP contribution in [-0.2, 0) is 22.6 Å². The van der Waals surface area contributed by atoms with Gasteiger partial charge in [0.2, 0.25) is 0 Å². The Morgan fingerprint density at radius 1 is 1.15 bits per heavy atom. The third-order valence-electron chi connectivity index (χ3n) is 4.36. The first kappa shape index (κ1) is 19.4. The highest BCUT2D eigenvalue weighted by Crippen LogP contribution is 2.20. The summed E-state index contributed by atoms with van der Waals surface area (Å²) in [6, 6.07) is 9.79. The van der Waals surface area contributed by atoms with E-state index in [2.05, 4.69) is 16.0 Å². The van der Waals surface area contributed by atoms with Crippen LogP contribution in [-0.4, -0.2) is 22.5 Å². The van der Waals surface area contributed by atoms with Crippen LogP contribution in [0.25, 0.3) is 0 Å². The summed E-state index contributed by atoms with van der Waals surface area (Å²) >= 11 is 3.25. The normalized spacial score (nSPS) is 12.0. The minimum Gasteiger partial charge on any atom is -0.449 e. The highest BCUT2D eigenvalue weighted by atomic mass is 32.1. The number of hydrogen-bond donors (Lipinski definition) is 1. The smallest absolute Gasteiger partial charge is 0.340 e. The Hall–Kier alpha value is -2.38. The maximum Gasteiger partial charge on any atom is 0.340 e. The SMILES string of the molecule is Cc1cc(C(=O)O[C@H](C)C(=O)NCc2cccs2)c(C)n1Cc1cccs1. The summed E-state index contributed by atoms with van der Waals surface area (Å²) in [6.07, 6.45) is -0.849. The second kappa shape index (κ2) is 8.54. The molecule has 3 aromatic rings. The number of rotatable bonds is 7. The molecular formula is C20H22N2O3S2. The molecular weight excluding hydrogens is 380 g/mol. The number of nitrogens with zero attached hydrogens (tertiary/aromatic N) is 1. The maximum atomic E-state index is 12.6. The molecule has 0 aliphatic carbocycles. The van der Waals surface area contributed by atoms with Gasteiger partial charge in [0.15, 0.2) is 6.10 Å². The van der Waals surface area contributed by atoms with Gasteiger partial charge in [0, 0.05) is 21.1 Å². The van der Waals surface area contributed by atoms with Crippen molar-refractivity contribution < 1.29 is 14.3 Å². The molecule has 0 bridgehead atoms. The summed E-state index contributed by atoms with van der Waals surface area (Å²) in [4.78, 5) is 27.0. The van der Waals surface area contributed by atoms with Crippen LogP contribution in [0.3, 0.4) is 0 Å². The van der Waals surface area contributed by atoms with Gasteiger partial charge >= 0.3 is 5.97 Å². The number of hydrogen-bond acceptors (Lipinski definition) is 5. The number of carbonyl (C=O) groups is 2. The van der Waals surface area contributed by atoms with E-state index in [0.717, 1.165) is 22.8 Å². The number of aromatic nitrogens is 1. The summed E-state index contributed by atoms with van der Waals surface area (Å²) in [7, 11) is 0. The topological polar surface area (TPSA) is 60.3 Å². The van der Waals surface area contributed by atoms with Crippen molar-refractivity contribution in [2.75, 3.05) is 0 Å². The van der Waals surface area contributed by atoms with Gasteiger partial charge in [0.05, 0.1) is 18.7 Å². The fourth-order valence-electron chi connectivity index (χ4n) is 2.82. The molecule has 1 atom stereocenters. The molecule has 3 aromatic heterocycles. The largest absolute Gasteiger partial charge is 0.449 e. The van der Waals surface area contributed by atoms with Gasteiger partial charge in [-0.2, -0.15) is 0 Å². The Morgan fingerprint density at radius 3 is 2.44 bits per heavy atom. The summed E-state index contributed by atoms with van der Waals surface area (Å²) in [5, 5.41) is 6.79. The lowest BCUT2D eigenvalue weighted by Crippen LogP contribution is -2.35. The van der Waals surface area contributed by atoms with Crippen molar-refractivity contribution in [1.29, 1.82) is 0 Å². The predicted molar refractivity (Wildman–Crippen MR) is 108 cm³/mol. The second-order valence-corrected chi connectivity index (χ2v) is 8.36. The minimum atomic E-state index is -0.849. The van der Waals surface area contributed by atoms with Gasteiger partial charge in [0.25, 0.3) is 5.91 Å². The van der Waals surface area contributed by atoms with E-state index in [9.17, 15) is 9.59 Å². The molecule has 7 heteroatoms. The van der Waals surface area contributed by atoms with Crippen molar-refractivity contribution in [1.82, 2.24) is 9.88 Å². The zero-order valence-corrected chi connectivity index (χ0v) is 17.2. The Kier molecular flexibility index (Phi) is 6.13. The van der Waals surface area contributed by atoms with Crippen molar-refractivity contribution >= 4 is 34.6 Å². The standard InChI is InChI=1S/C20H22N2O3S2/c1-13-10-18(14(2)22(13)12-17-7-5-9-27-17)20(24)25-15(3)19(23)21-11-16-6-4-8-26-16/h4-10,15H,11-12H2,1-3H3,(H,21,23)/t15-/m1/s1. The average Bonchev–Trinajstić information content (AvgIpc) is 3.38. The number of ether oxygens (including phenoxy) is 1. The molecule has 27 heavy (non-hydrogen) atoms. The molecule has 0 spiro atoms. The van der Waals surface area contributed by atoms with Crippen LogP contribution in [0.4, 0.5) is 0 Å². The Labute approximate surface area is 166 Å². The van der Waals surface area contributed by atoms with Crippen LogP contribution in [0.5, 0.6) is 0 Å². The lowest BCUT2D eigenvalue weighted by molar-refractivity contribution is -0.129. The van der Waals surface area contributed by atoms with E-state index in [-0.39, 0.29) is 5.91 Å². The summed E-state index contributed by atoms with van der Waals surface area (Å²) in [6.45, 7) is 6.62. The number of amides is 1. The Morgan fingerprint density at radius 2 is 1.81 bits per heavy atom. The van der Waals surface area contributed by atoms with Crippen molar-refractivity contribution in [3.05, 3.63) is 67.8 Å². The van der Waals surface area contributed by atoms with Crippen molar-refractivity contribution in [3.8, 4) is 0 Å². The first-order valence-electron chi connectivity index (χ1n) is 8.66. The van der Waals surface area contributed by atoms with Gasteiger partial charge in [-0.25, -0.2) is 4.79 Å². The molecule has 0 aromatic carbocycles. The van der Waals surface area contributed by atoms with Gasteiger partial charge in [0.1, 0.15) is 0 Å². The number of thiophene rings is 2. The molecule has 3 heterocycles. The molecule has 5 nitrogen and oxygen atoms in total. The molecule has 0 saturated heterocycles. The zero-order valence-electron chi connectivity index (χ0n) is 15.5. The van der Waals surface area contributed by atoms with Gasteiger partial charge in [-0.05, 0) is 49.7 Å². The highest BCUT2D eigenvalue weighted by molar-refractivity contribution is 7.10. The Bertz CT molecular complexity index is 912. The second-order valence-electron chi connectivity index (χ2n) is 6.30. The molecule has 0 unspecified atom stereocenters. The van der Waals surface area contributed by atoms with Crippen LogP contribution in [0.1, 0.15) is 38.4 Å². The molecule has 0 aliphatic heterocycles. The van der Waals surface area contributed by atoms with Crippen LogP contribution in [0, 0.1) is 13.8 Å². The van der Waals surface area contributed by atoms with E-state index in [0.29, 0.717) is 12.1 Å². The van der Waals surface area contributed by atoms with Gasteiger partial charge in [-0.3, -0.25) is 4.79 Å². The highest BCUT2D eigenvalue weighted by Gasteiger charge is 2.22. The van der Waals surface area contributed by atoms with E-state index in [4.69, 9.17) is 4.74 Å². The summed E-state index contributed by atoms with van der Waals surface area (Å²) in [5.41, 5.74) is 2.33. The van der Waals surface area contributed by atoms with E-state index in [1.54, 1.807) is 29.6 Å². The monoisotopic (exact) mass is 402 g/mol. The molecule has 0 radical (unpaired) electrons. The number of nitrogens with one attached hydrogen (secondary N) is 1. The van der Waals surface area contributed by atoms with Gasteiger partial charge in [-0.1, -0.05) is 12.1 Å². The van der Waals surface area contributed by atoms with E-state index >= 15 is 0 Å². The molecule has 142 valence electrons. The van der Waals surface area contributed by atoms with E-state index in [1.807, 2.05) is 48.9 Å². The predicted octanol–water partition coefficient (Wildman–Crippen LogP) is 4.14. The lowest BCUT2D eigenvalue weighted by Gasteiger charge is -2.13. The third-order valence-corrected chi connectivity index (χ3v) is 6.10. The molecule has 0 fully saturated rings. The van der Waals surface area contributed by atoms with Gasteiger partial charge in [-0.15, -0.1) is 22.7 Å². The van der Waals surface area contributed by atoms with Crippen molar-refractivity contribution in [2.24, 2.45) is 0 Å². The quantitative estimate of drug-likeness (QED) is 0.604. The fourth-order valence-corrected chi connectivity index (χ4v) is 4.16. The molecule has 1 amide bonds. The van der Waals surface area contributed by atoms with Crippen molar-refractivity contribution in [2.45, 2.75) is 40.0 Å². The van der Waals surface area contributed by atoms with E-state index in [1.165, 1.54) is 4.88 Å². The third kappa shape index (κ3) is 4.67. The number of aryl methyl sites for hydroxylation is 1. The fraction of sp³-hybridized carbons (Fsp3) is 0.300. The first-order valence-corrected chi connectivity index (χ1v) is 10.4. The van der Waals surface area contributed by atoms with Crippen LogP contribution >= 0.6 is 22.7 Å². The average molecular weight is 403 g/mol. The van der Waals surface area contributed by atoms with Crippen LogP contribution in [0.2, 0.25) is 0 Å². The number of carbonyl (C=O) groups excluding carboxylic acids is 2. The number of esters is 1. The summed E-state index contributed by atoms with van der Waals surface area (Å²) in [5.74, 6) is -0.775. The van der Waals surface area contributed by atoms with Crippen LogP contribution < -0.4 is 5.32 Å². The van der Waals surface area contributed by atoms with Crippen molar-refractivity contribution in [3.63, 3.8) is 0 Å². The van der Waals surface area contributed by atoms with Crippen LogP contribution in [0.15, 0.2) is 41.1 Å². The first-order chi connectivity index (χ1) is 13.0. The summed E-state index contributed by atoms with van der Waals surface area (Å²) < 4.78 is 7.48. The Balaban J connectivity index is 1.62. The molecule has 1 N–H and O–H groups in total.